The fraction of sp³-hybridized carbons (Fsp3) is 0.548. The summed E-state index contributed by atoms with van der Waals surface area (Å²) in [5.74, 6) is -0.267. The Bertz CT molecular complexity index is 1570. The van der Waals surface area contributed by atoms with Crippen molar-refractivity contribution >= 4 is 31.1 Å². The van der Waals surface area contributed by atoms with Gasteiger partial charge in [0, 0.05) is 38.5 Å². The number of methoxy groups -OCH3 is 1. The zero-order valence-corrected chi connectivity index (χ0v) is 27.4. The number of aromatic nitrogens is 3. The number of hydrogen-bond acceptors (Lipinski definition) is 8. The van der Waals surface area contributed by atoms with Gasteiger partial charge in [-0.3, -0.25) is 4.79 Å². The zero-order chi connectivity index (χ0) is 32.5. The topological polar surface area (TPSA) is 148 Å². The molecule has 14 heteroatoms. The molecule has 2 unspecified atom stereocenters. The van der Waals surface area contributed by atoms with E-state index in [1.807, 2.05) is 4.57 Å². The number of nitrogens with zero attached hydrogens (tertiary/aromatic N) is 4. The van der Waals surface area contributed by atoms with Crippen LogP contribution in [0.2, 0.25) is 25.7 Å². The van der Waals surface area contributed by atoms with Crippen LogP contribution in [0.15, 0.2) is 18.5 Å². The number of likely N-dealkylation sites (tertiary alicyclic amines) is 1. The minimum atomic E-state index is -1.37. The lowest BCUT2D eigenvalue weighted by atomic mass is 10.0. The predicted molar refractivity (Wildman–Crippen MR) is 168 cm³/mol. The minimum absolute atomic E-state index is 0.0244. The van der Waals surface area contributed by atoms with Crippen molar-refractivity contribution in [2.24, 2.45) is 5.92 Å². The minimum Gasteiger partial charge on any atom is -0.494 e. The number of carbonyl (C=O) groups excluding carboxylic acids is 1. The maximum absolute atomic E-state index is 14.9. The summed E-state index contributed by atoms with van der Waals surface area (Å²) in [6.07, 6.45) is 1.55. The van der Waals surface area contributed by atoms with Crippen molar-refractivity contribution in [3.63, 3.8) is 0 Å². The highest BCUT2D eigenvalue weighted by Gasteiger charge is 2.33. The van der Waals surface area contributed by atoms with E-state index in [0.717, 1.165) is 23.8 Å². The Morgan fingerprint density at radius 1 is 1.16 bits per heavy atom. The van der Waals surface area contributed by atoms with Crippen molar-refractivity contribution in [2.45, 2.75) is 70.7 Å². The van der Waals surface area contributed by atoms with Crippen molar-refractivity contribution in [2.75, 3.05) is 33.4 Å². The molecule has 2 aromatic heterocycles. The summed E-state index contributed by atoms with van der Waals surface area (Å²) in [5, 5.41) is 22.9. The molecule has 45 heavy (non-hydrogen) atoms. The molecule has 0 radical (unpaired) electrons. The molecule has 1 saturated heterocycles. The molecule has 1 aliphatic heterocycles. The first-order valence-corrected chi connectivity index (χ1v) is 19.0. The van der Waals surface area contributed by atoms with E-state index in [2.05, 4.69) is 34.9 Å². The summed E-state index contributed by atoms with van der Waals surface area (Å²) in [5.41, 5.74) is 2.64. The number of nitrogens with one attached hydrogen (secondary N) is 1. The summed E-state index contributed by atoms with van der Waals surface area (Å²) in [6.45, 7) is 9.78. The summed E-state index contributed by atoms with van der Waals surface area (Å²) in [4.78, 5) is 35.5. The lowest BCUT2D eigenvalue weighted by Crippen LogP contribution is -2.55. The molecule has 2 fully saturated rings. The van der Waals surface area contributed by atoms with Crippen LogP contribution < -0.4 is 14.8 Å². The molecule has 1 saturated carbocycles. The van der Waals surface area contributed by atoms with E-state index in [-0.39, 0.29) is 37.6 Å². The summed E-state index contributed by atoms with van der Waals surface area (Å²) in [6, 6.07) is 3.14. The number of hydrogen-bond donors (Lipinski definition) is 3. The Hall–Kier alpha value is -3.75. The number of halogens is 1. The van der Waals surface area contributed by atoms with Crippen molar-refractivity contribution in [1.82, 2.24) is 24.8 Å². The number of ether oxygens (including phenoxy) is 3. The highest BCUT2D eigenvalue weighted by Crippen LogP contribution is 2.40. The van der Waals surface area contributed by atoms with Crippen LogP contribution in [0.1, 0.15) is 35.3 Å². The Morgan fingerprint density at radius 3 is 2.56 bits per heavy atom. The maximum atomic E-state index is 14.9. The second-order valence-corrected chi connectivity index (χ2v) is 18.7. The van der Waals surface area contributed by atoms with Crippen LogP contribution in [0.4, 0.5) is 9.18 Å². The molecule has 2 atom stereocenters. The Morgan fingerprint density at radius 2 is 1.91 bits per heavy atom. The molecule has 0 bridgehead atoms. The predicted octanol–water partition coefficient (Wildman–Crippen LogP) is 4.50. The van der Waals surface area contributed by atoms with E-state index in [4.69, 9.17) is 14.2 Å². The third kappa shape index (κ3) is 7.39. The van der Waals surface area contributed by atoms with Crippen molar-refractivity contribution < 1.29 is 38.4 Å². The van der Waals surface area contributed by atoms with E-state index in [1.54, 1.807) is 13.0 Å². The SMILES string of the molecule is COc1cc(-c2ncnc3c(C(=O)NC4CCN(C(=O)O)CC4O)c(C)n(COCC[Si](C)(C)C)c23)c(OCC2CC2)cc1F. The van der Waals surface area contributed by atoms with Crippen LogP contribution in [0, 0.1) is 18.7 Å². The van der Waals surface area contributed by atoms with Crippen LogP contribution in [0.5, 0.6) is 11.5 Å². The quantitative estimate of drug-likeness (QED) is 0.192. The molecule has 0 spiro atoms. The molecule has 244 valence electrons. The van der Waals surface area contributed by atoms with E-state index >= 15 is 0 Å². The van der Waals surface area contributed by atoms with Gasteiger partial charge in [0.2, 0.25) is 0 Å². The van der Waals surface area contributed by atoms with E-state index in [1.165, 1.54) is 19.5 Å². The number of aliphatic hydroxyl groups excluding tert-OH is 1. The van der Waals surface area contributed by atoms with Gasteiger partial charge in [-0.25, -0.2) is 19.2 Å². The van der Waals surface area contributed by atoms with Gasteiger partial charge in [-0.2, -0.15) is 0 Å². The number of amides is 2. The third-order valence-electron chi connectivity index (χ3n) is 8.39. The number of fused-ring (bicyclic) bond motifs is 1. The first-order valence-electron chi connectivity index (χ1n) is 15.3. The second-order valence-electron chi connectivity index (χ2n) is 13.1. The van der Waals surface area contributed by atoms with Gasteiger partial charge in [0.05, 0.1) is 43.5 Å². The number of rotatable bonds is 12. The van der Waals surface area contributed by atoms with Gasteiger partial charge in [0.25, 0.3) is 5.91 Å². The molecule has 12 nitrogen and oxygen atoms in total. The van der Waals surface area contributed by atoms with Crippen LogP contribution in [0.25, 0.3) is 22.3 Å². The lowest BCUT2D eigenvalue weighted by molar-refractivity contribution is 0.0391. The summed E-state index contributed by atoms with van der Waals surface area (Å²) < 4.78 is 34.3. The standard InChI is InChI=1S/C31H42FN5O7Si/c1-18-26(30(39)35-22-8-9-36(31(40)41)14-23(22)38)28-29(37(18)17-43-10-11-45(3,4)5)27(33-16-34-28)20-12-25(42-2)21(32)13-24(20)44-15-19-6-7-19/h12-13,16,19,22-23,38H,6-11,14-15,17H2,1-5H3,(H,35,39)(H,40,41). The molecular weight excluding hydrogens is 601 g/mol. The second kappa shape index (κ2) is 13.3. The number of carbonyl (C=O) groups is 2. The number of β-amino-alcohol motifs (C(OH)–C–C–N with tert-alkyl or cyclic N) is 1. The van der Waals surface area contributed by atoms with Crippen molar-refractivity contribution in [3.05, 3.63) is 35.5 Å². The fourth-order valence-corrected chi connectivity index (χ4v) is 6.22. The van der Waals surface area contributed by atoms with Crippen LogP contribution in [-0.2, 0) is 11.5 Å². The number of carboxylic acid groups (broad SMARTS) is 1. The lowest BCUT2D eigenvalue weighted by Gasteiger charge is -2.34. The Labute approximate surface area is 262 Å². The highest BCUT2D eigenvalue weighted by molar-refractivity contribution is 6.76. The van der Waals surface area contributed by atoms with E-state index in [9.17, 15) is 24.2 Å². The average Bonchev–Trinajstić information content (AvgIpc) is 3.77. The fourth-order valence-electron chi connectivity index (χ4n) is 5.46. The molecule has 1 aromatic carbocycles. The Balaban J connectivity index is 1.57. The van der Waals surface area contributed by atoms with Crippen LogP contribution in [-0.4, -0.2) is 95.3 Å². The van der Waals surface area contributed by atoms with E-state index in [0.29, 0.717) is 52.9 Å². The molecule has 2 aliphatic rings. The zero-order valence-electron chi connectivity index (χ0n) is 26.4. The first kappa shape index (κ1) is 32.6. The number of benzene rings is 1. The van der Waals surface area contributed by atoms with Crippen molar-refractivity contribution in [1.29, 1.82) is 0 Å². The molecule has 3 aromatic rings. The van der Waals surface area contributed by atoms with Gasteiger partial charge in [-0.1, -0.05) is 19.6 Å². The molecule has 2 amide bonds. The maximum Gasteiger partial charge on any atom is 0.407 e. The van der Waals surface area contributed by atoms with Gasteiger partial charge < -0.3 is 39.2 Å². The highest BCUT2D eigenvalue weighted by atomic mass is 28.3. The van der Waals surface area contributed by atoms with Gasteiger partial charge in [-0.15, -0.1) is 0 Å². The molecule has 1 aliphatic carbocycles. The molecular formula is C31H42FN5O7Si. The van der Waals surface area contributed by atoms with Gasteiger partial charge >= 0.3 is 6.09 Å². The number of piperidine rings is 1. The van der Waals surface area contributed by atoms with Crippen LogP contribution in [0.3, 0.4) is 0 Å². The van der Waals surface area contributed by atoms with Gasteiger partial charge in [0.15, 0.2) is 11.6 Å². The van der Waals surface area contributed by atoms with Gasteiger partial charge in [-0.05, 0) is 44.2 Å². The van der Waals surface area contributed by atoms with Crippen molar-refractivity contribution in [3.8, 4) is 22.8 Å². The third-order valence-corrected chi connectivity index (χ3v) is 10.1. The number of aliphatic hydroxyl groups is 1. The largest absolute Gasteiger partial charge is 0.494 e. The molecule has 3 N–H and O–H groups in total. The Kier molecular flexibility index (Phi) is 9.65. The summed E-state index contributed by atoms with van der Waals surface area (Å²) >= 11 is 0. The monoisotopic (exact) mass is 643 g/mol. The first-order chi connectivity index (χ1) is 21.4. The average molecular weight is 644 g/mol. The molecule has 3 heterocycles. The molecule has 5 rings (SSSR count). The smallest absolute Gasteiger partial charge is 0.407 e. The van der Waals surface area contributed by atoms with E-state index < -0.39 is 38.0 Å². The summed E-state index contributed by atoms with van der Waals surface area (Å²) in [7, 11) is 0.0161. The van der Waals surface area contributed by atoms with Crippen LogP contribution >= 0.6 is 0 Å². The van der Waals surface area contributed by atoms with Gasteiger partial charge in [0.1, 0.15) is 30.0 Å². The normalized spacial score (nSPS) is 18.7.